The SMILES string of the molecule is O=C(NCC(O)c1ccsc1)c1ccc(N2CCCCC2=O)cc1. The predicted molar refractivity (Wildman–Crippen MR) is 94.3 cm³/mol. The van der Waals surface area contributed by atoms with Crippen LogP contribution in [-0.2, 0) is 4.79 Å². The van der Waals surface area contributed by atoms with Crippen LogP contribution in [0.1, 0.15) is 41.3 Å². The van der Waals surface area contributed by atoms with Crippen LogP contribution < -0.4 is 10.2 Å². The van der Waals surface area contributed by atoms with Gasteiger partial charge in [0.05, 0.1) is 6.10 Å². The number of benzene rings is 1. The largest absolute Gasteiger partial charge is 0.387 e. The van der Waals surface area contributed by atoms with Crippen molar-refractivity contribution in [1.82, 2.24) is 5.32 Å². The first-order chi connectivity index (χ1) is 11.6. The van der Waals surface area contributed by atoms with Gasteiger partial charge in [0.25, 0.3) is 5.91 Å². The van der Waals surface area contributed by atoms with Crippen molar-refractivity contribution < 1.29 is 14.7 Å². The van der Waals surface area contributed by atoms with Gasteiger partial charge in [-0.05, 0) is 59.5 Å². The summed E-state index contributed by atoms with van der Waals surface area (Å²) in [5, 5.41) is 16.5. The summed E-state index contributed by atoms with van der Waals surface area (Å²) >= 11 is 1.51. The topological polar surface area (TPSA) is 69.6 Å². The number of carbonyl (C=O) groups excluding carboxylic acids is 2. The van der Waals surface area contributed by atoms with Crippen LogP contribution >= 0.6 is 11.3 Å². The maximum absolute atomic E-state index is 12.2. The summed E-state index contributed by atoms with van der Waals surface area (Å²) in [4.78, 5) is 25.9. The molecule has 1 aromatic heterocycles. The Morgan fingerprint density at radius 1 is 1.25 bits per heavy atom. The Bertz CT molecular complexity index is 698. The number of piperidine rings is 1. The number of hydrogen-bond donors (Lipinski definition) is 2. The van der Waals surface area contributed by atoms with Crippen molar-refractivity contribution in [1.29, 1.82) is 0 Å². The van der Waals surface area contributed by atoms with Crippen LogP contribution in [0.5, 0.6) is 0 Å². The quantitative estimate of drug-likeness (QED) is 0.876. The predicted octanol–water partition coefficient (Wildman–Crippen LogP) is 2.73. The normalized spacial score (nSPS) is 16.0. The fourth-order valence-corrected chi connectivity index (χ4v) is 3.45. The van der Waals surface area contributed by atoms with Crippen molar-refractivity contribution in [2.75, 3.05) is 18.0 Å². The lowest BCUT2D eigenvalue weighted by atomic mass is 10.1. The second kappa shape index (κ2) is 7.59. The van der Waals surface area contributed by atoms with E-state index in [1.54, 1.807) is 29.2 Å². The molecule has 1 unspecified atom stereocenters. The Morgan fingerprint density at radius 3 is 2.71 bits per heavy atom. The van der Waals surface area contributed by atoms with Gasteiger partial charge < -0.3 is 15.3 Å². The highest BCUT2D eigenvalue weighted by atomic mass is 32.1. The molecule has 2 aromatic rings. The molecule has 1 fully saturated rings. The first-order valence-corrected chi connectivity index (χ1v) is 8.98. The Labute approximate surface area is 144 Å². The Hall–Kier alpha value is -2.18. The van der Waals surface area contributed by atoms with Gasteiger partial charge in [-0.25, -0.2) is 0 Å². The van der Waals surface area contributed by atoms with Crippen molar-refractivity contribution in [3.8, 4) is 0 Å². The molecule has 1 aromatic carbocycles. The average Bonchev–Trinajstić information content (AvgIpc) is 3.15. The molecule has 1 atom stereocenters. The summed E-state index contributed by atoms with van der Waals surface area (Å²) in [7, 11) is 0. The molecule has 3 rings (SSSR count). The van der Waals surface area contributed by atoms with Crippen LogP contribution in [0.25, 0.3) is 0 Å². The zero-order valence-electron chi connectivity index (χ0n) is 13.3. The van der Waals surface area contributed by atoms with E-state index in [0.29, 0.717) is 12.0 Å². The molecule has 126 valence electrons. The van der Waals surface area contributed by atoms with E-state index in [9.17, 15) is 14.7 Å². The zero-order chi connectivity index (χ0) is 16.9. The van der Waals surface area contributed by atoms with Gasteiger partial charge in [0, 0.05) is 30.8 Å². The lowest BCUT2D eigenvalue weighted by Gasteiger charge is -2.26. The van der Waals surface area contributed by atoms with Gasteiger partial charge >= 0.3 is 0 Å². The van der Waals surface area contributed by atoms with E-state index in [1.165, 1.54) is 11.3 Å². The molecule has 2 amide bonds. The fraction of sp³-hybridized carbons (Fsp3) is 0.333. The molecule has 2 N–H and O–H groups in total. The maximum atomic E-state index is 12.2. The van der Waals surface area contributed by atoms with E-state index in [-0.39, 0.29) is 18.4 Å². The molecule has 1 aliphatic rings. The van der Waals surface area contributed by atoms with E-state index in [4.69, 9.17) is 0 Å². The van der Waals surface area contributed by atoms with Crippen molar-refractivity contribution in [2.24, 2.45) is 0 Å². The van der Waals surface area contributed by atoms with Crippen LogP contribution in [0.3, 0.4) is 0 Å². The molecule has 6 heteroatoms. The van der Waals surface area contributed by atoms with E-state index >= 15 is 0 Å². The molecule has 1 aliphatic heterocycles. The Kier molecular flexibility index (Phi) is 5.27. The molecule has 0 saturated carbocycles. The first-order valence-electron chi connectivity index (χ1n) is 8.04. The third-order valence-corrected chi connectivity index (χ3v) is 4.85. The highest BCUT2D eigenvalue weighted by Gasteiger charge is 2.19. The van der Waals surface area contributed by atoms with Gasteiger partial charge in [-0.1, -0.05) is 0 Å². The third-order valence-electron chi connectivity index (χ3n) is 4.15. The molecular formula is C18H20N2O3S. The number of thiophene rings is 1. The maximum Gasteiger partial charge on any atom is 0.251 e. The number of aliphatic hydroxyl groups excluding tert-OH is 1. The van der Waals surface area contributed by atoms with E-state index in [2.05, 4.69) is 5.32 Å². The number of rotatable bonds is 5. The molecule has 5 nitrogen and oxygen atoms in total. The summed E-state index contributed by atoms with van der Waals surface area (Å²) in [6.45, 7) is 0.902. The highest BCUT2D eigenvalue weighted by Crippen LogP contribution is 2.21. The number of nitrogens with zero attached hydrogens (tertiary/aromatic N) is 1. The molecule has 0 spiro atoms. The summed E-state index contributed by atoms with van der Waals surface area (Å²) in [6.07, 6.45) is 1.84. The third kappa shape index (κ3) is 3.83. The van der Waals surface area contributed by atoms with Gasteiger partial charge in [-0.2, -0.15) is 11.3 Å². The number of anilines is 1. The van der Waals surface area contributed by atoms with Crippen LogP contribution in [0.15, 0.2) is 41.1 Å². The van der Waals surface area contributed by atoms with E-state index in [1.807, 2.05) is 16.8 Å². The Balaban J connectivity index is 1.58. The fourth-order valence-electron chi connectivity index (χ4n) is 2.75. The number of aliphatic hydroxyl groups is 1. The highest BCUT2D eigenvalue weighted by molar-refractivity contribution is 7.07. The minimum absolute atomic E-state index is 0.136. The van der Waals surface area contributed by atoms with Crippen LogP contribution in [0.2, 0.25) is 0 Å². The van der Waals surface area contributed by atoms with Crippen LogP contribution in [-0.4, -0.2) is 30.0 Å². The number of carbonyl (C=O) groups is 2. The molecular weight excluding hydrogens is 324 g/mol. The summed E-state index contributed by atoms with van der Waals surface area (Å²) < 4.78 is 0. The Morgan fingerprint density at radius 2 is 2.04 bits per heavy atom. The van der Waals surface area contributed by atoms with Crippen LogP contribution in [0, 0.1) is 0 Å². The molecule has 24 heavy (non-hydrogen) atoms. The van der Waals surface area contributed by atoms with Crippen molar-refractivity contribution >= 4 is 28.8 Å². The van der Waals surface area contributed by atoms with Crippen molar-refractivity contribution in [3.05, 3.63) is 52.2 Å². The number of hydrogen-bond acceptors (Lipinski definition) is 4. The second-order valence-corrected chi connectivity index (χ2v) is 6.61. The number of nitrogens with one attached hydrogen (secondary N) is 1. The van der Waals surface area contributed by atoms with Crippen molar-refractivity contribution in [2.45, 2.75) is 25.4 Å². The molecule has 1 saturated heterocycles. The minimum atomic E-state index is -0.703. The van der Waals surface area contributed by atoms with Crippen LogP contribution in [0.4, 0.5) is 5.69 Å². The molecule has 0 radical (unpaired) electrons. The smallest absolute Gasteiger partial charge is 0.251 e. The summed E-state index contributed by atoms with van der Waals surface area (Å²) in [5.74, 6) is -0.0989. The summed E-state index contributed by atoms with van der Waals surface area (Å²) in [6, 6.07) is 8.86. The van der Waals surface area contributed by atoms with Gasteiger partial charge in [0.15, 0.2) is 0 Å². The molecule has 2 heterocycles. The number of amides is 2. The first kappa shape index (κ1) is 16.7. The lowest BCUT2D eigenvalue weighted by Crippen LogP contribution is -2.35. The van der Waals surface area contributed by atoms with E-state index in [0.717, 1.165) is 30.6 Å². The standard InChI is InChI=1S/C18H20N2O3S/c21-16(14-8-10-24-12-14)11-19-18(23)13-4-6-15(7-5-13)20-9-2-1-3-17(20)22/h4-8,10,12,16,21H,1-3,9,11H2,(H,19,23). The molecule has 0 aliphatic carbocycles. The van der Waals surface area contributed by atoms with Gasteiger partial charge in [-0.3, -0.25) is 9.59 Å². The van der Waals surface area contributed by atoms with Gasteiger partial charge in [-0.15, -0.1) is 0 Å². The summed E-state index contributed by atoms with van der Waals surface area (Å²) in [5.41, 5.74) is 2.15. The zero-order valence-corrected chi connectivity index (χ0v) is 14.1. The van der Waals surface area contributed by atoms with Crippen molar-refractivity contribution in [3.63, 3.8) is 0 Å². The average molecular weight is 344 g/mol. The monoisotopic (exact) mass is 344 g/mol. The minimum Gasteiger partial charge on any atom is -0.387 e. The lowest BCUT2D eigenvalue weighted by molar-refractivity contribution is -0.119. The molecule has 0 bridgehead atoms. The van der Waals surface area contributed by atoms with Gasteiger partial charge in [0.1, 0.15) is 0 Å². The van der Waals surface area contributed by atoms with E-state index < -0.39 is 6.10 Å². The van der Waals surface area contributed by atoms with Gasteiger partial charge in [0.2, 0.25) is 5.91 Å². The second-order valence-electron chi connectivity index (χ2n) is 5.83.